The molecule has 1 aromatic carbocycles. The Balaban J connectivity index is 2.06. The number of benzene rings is 1. The van der Waals surface area contributed by atoms with Crippen molar-refractivity contribution in [2.45, 2.75) is 13.5 Å². The summed E-state index contributed by atoms with van der Waals surface area (Å²) in [7, 11) is 0. The molecule has 1 amide bonds. The maximum Gasteiger partial charge on any atom is 0.253 e. The van der Waals surface area contributed by atoms with Crippen molar-refractivity contribution in [1.82, 2.24) is 15.5 Å². The predicted molar refractivity (Wildman–Crippen MR) is 70.4 cm³/mol. The van der Waals surface area contributed by atoms with Crippen LogP contribution in [0, 0.1) is 6.92 Å². The molecule has 1 aromatic heterocycles. The molecule has 0 radical (unpaired) electrons. The third-order valence-corrected chi connectivity index (χ3v) is 2.87. The first-order chi connectivity index (χ1) is 8.58. The standard InChI is InChI=1S/C12H13ClN4O/c1-7-8(6-16-17-7)5-15-12(18)10-3-2-9(13)4-11(10)14/h2-4,6H,5,14H2,1H3,(H,15,18)(H,16,17). The smallest absolute Gasteiger partial charge is 0.253 e. The van der Waals surface area contributed by atoms with Gasteiger partial charge in [-0.3, -0.25) is 9.89 Å². The molecule has 2 aromatic rings. The van der Waals surface area contributed by atoms with Gasteiger partial charge in [0.1, 0.15) is 0 Å². The first kappa shape index (κ1) is 12.4. The summed E-state index contributed by atoms with van der Waals surface area (Å²) in [6.45, 7) is 2.30. The number of amides is 1. The molecule has 1 heterocycles. The number of nitrogens with one attached hydrogen (secondary N) is 2. The lowest BCUT2D eigenvalue weighted by molar-refractivity contribution is 0.0952. The Bertz CT molecular complexity index is 579. The molecule has 94 valence electrons. The molecule has 0 saturated carbocycles. The Morgan fingerprint density at radius 3 is 2.94 bits per heavy atom. The van der Waals surface area contributed by atoms with Crippen molar-refractivity contribution in [3.63, 3.8) is 0 Å². The molecule has 0 bridgehead atoms. The number of H-pyrrole nitrogens is 1. The zero-order valence-corrected chi connectivity index (χ0v) is 10.6. The minimum Gasteiger partial charge on any atom is -0.398 e. The van der Waals surface area contributed by atoms with Crippen molar-refractivity contribution < 1.29 is 4.79 Å². The molecule has 0 unspecified atom stereocenters. The number of anilines is 1. The van der Waals surface area contributed by atoms with Crippen molar-refractivity contribution in [2.75, 3.05) is 5.73 Å². The Morgan fingerprint density at radius 2 is 2.33 bits per heavy atom. The highest BCUT2D eigenvalue weighted by Crippen LogP contribution is 2.18. The van der Waals surface area contributed by atoms with E-state index >= 15 is 0 Å². The number of carbonyl (C=O) groups is 1. The summed E-state index contributed by atoms with van der Waals surface area (Å²) in [4.78, 5) is 11.9. The third-order valence-electron chi connectivity index (χ3n) is 2.63. The molecule has 2 rings (SSSR count). The number of nitrogens with two attached hydrogens (primary N) is 1. The summed E-state index contributed by atoms with van der Waals surface area (Å²) in [6, 6.07) is 4.80. The van der Waals surface area contributed by atoms with Crippen LogP contribution < -0.4 is 11.1 Å². The summed E-state index contributed by atoms with van der Waals surface area (Å²) >= 11 is 5.78. The molecule has 0 aliphatic carbocycles. The lowest BCUT2D eigenvalue weighted by atomic mass is 10.1. The first-order valence-electron chi connectivity index (χ1n) is 5.40. The number of aromatic amines is 1. The van der Waals surface area contributed by atoms with Gasteiger partial charge in [0, 0.05) is 28.5 Å². The van der Waals surface area contributed by atoms with Crippen molar-refractivity contribution in [1.29, 1.82) is 0 Å². The second kappa shape index (κ2) is 5.10. The number of hydrogen-bond acceptors (Lipinski definition) is 3. The lowest BCUT2D eigenvalue weighted by Crippen LogP contribution is -2.23. The van der Waals surface area contributed by atoms with Crippen LogP contribution in [0.5, 0.6) is 0 Å². The van der Waals surface area contributed by atoms with Gasteiger partial charge in [-0.2, -0.15) is 5.10 Å². The predicted octanol–water partition coefficient (Wildman–Crippen LogP) is 1.88. The van der Waals surface area contributed by atoms with Gasteiger partial charge in [0.15, 0.2) is 0 Å². The molecular weight excluding hydrogens is 252 g/mol. The van der Waals surface area contributed by atoms with Gasteiger partial charge in [-0.15, -0.1) is 0 Å². The topological polar surface area (TPSA) is 83.8 Å². The fourth-order valence-corrected chi connectivity index (χ4v) is 1.75. The van der Waals surface area contributed by atoms with Crippen LogP contribution >= 0.6 is 11.6 Å². The maximum absolute atomic E-state index is 11.9. The highest BCUT2D eigenvalue weighted by Gasteiger charge is 2.10. The van der Waals surface area contributed by atoms with Crippen molar-refractivity contribution in [3.8, 4) is 0 Å². The van der Waals surface area contributed by atoms with Crippen LogP contribution in [0.4, 0.5) is 5.69 Å². The number of carbonyl (C=O) groups excluding carboxylic acids is 1. The van der Waals surface area contributed by atoms with E-state index in [4.69, 9.17) is 17.3 Å². The van der Waals surface area contributed by atoms with Gasteiger partial charge < -0.3 is 11.1 Å². The van der Waals surface area contributed by atoms with E-state index in [1.165, 1.54) is 0 Å². The second-order valence-electron chi connectivity index (χ2n) is 3.93. The number of aromatic nitrogens is 2. The van der Waals surface area contributed by atoms with Crippen molar-refractivity contribution in [3.05, 3.63) is 46.2 Å². The summed E-state index contributed by atoms with van der Waals surface area (Å²) < 4.78 is 0. The van der Waals surface area contributed by atoms with Crippen molar-refractivity contribution >= 4 is 23.2 Å². The average molecular weight is 265 g/mol. The Kier molecular flexibility index (Phi) is 3.53. The number of halogens is 1. The van der Waals surface area contributed by atoms with E-state index in [1.807, 2.05) is 6.92 Å². The summed E-state index contributed by atoms with van der Waals surface area (Å²) in [5.74, 6) is -0.232. The number of nitrogen functional groups attached to an aromatic ring is 1. The van der Waals surface area contributed by atoms with Gasteiger partial charge in [-0.25, -0.2) is 0 Å². The fraction of sp³-hybridized carbons (Fsp3) is 0.167. The van der Waals surface area contributed by atoms with E-state index in [0.29, 0.717) is 22.8 Å². The lowest BCUT2D eigenvalue weighted by Gasteiger charge is -2.07. The molecule has 5 nitrogen and oxygen atoms in total. The quantitative estimate of drug-likeness (QED) is 0.740. The fourth-order valence-electron chi connectivity index (χ4n) is 1.56. The highest BCUT2D eigenvalue weighted by atomic mass is 35.5. The molecule has 0 saturated heterocycles. The Morgan fingerprint density at radius 1 is 1.56 bits per heavy atom. The van der Waals surface area contributed by atoms with Gasteiger partial charge in [0.2, 0.25) is 0 Å². The minimum atomic E-state index is -0.232. The van der Waals surface area contributed by atoms with E-state index in [9.17, 15) is 4.79 Å². The zero-order chi connectivity index (χ0) is 13.1. The van der Waals surface area contributed by atoms with Crippen molar-refractivity contribution in [2.24, 2.45) is 0 Å². The normalized spacial score (nSPS) is 10.3. The zero-order valence-electron chi connectivity index (χ0n) is 9.83. The van der Waals surface area contributed by atoms with Crippen LogP contribution in [0.15, 0.2) is 24.4 Å². The monoisotopic (exact) mass is 264 g/mol. The van der Waals surface area contributed by atoms with Gasteiger partial charge in [0.05, 0.1) is 11.8 Å². The van der Waals surface area contributed by atoms with E-state index in [0.717, 1.165) is 11.3 Å². The molecule has 0 fully saturated rings. The molecule has 4 N–H and O–H groups in total. The molecule has 0 aliphatic rings. The number of nitrogens with zero attached hydrogens (tertiary/aromatic N) is 1. The summed E-state index contributed by atoms with van der Waals surface area (Å²) in [5, 5.41) is 9.98. The number of hydrogen-bond donors (Lipinski definition) is 3. The van der Waals surface area contributed by atoms with Crippen LogP contribution in [0.3, 0.4) is 0 Å². The summed E-state index contributed by atoms with van der Waals surface area (Å²) in [6.07, 6.45) is 1.68. The molecule has 0 spiro atoms. The van der Waals surface area contributed by atoms with Gasteiger partial charge in [-0.05, 0) is 25.1 Å². The maximum atomic E-state index is 11.9. The Hall–Kier alpha value is -2.01. The van der Waals surface area contributed by atoms with Gasteiger partial charge in [-0.1, -0.05) is 11.6 Å². The second-order valence-corrected chi connectivity index (χ2v) is 4.37. The summed E-state index contributed by atoms with van der Waals surface area (Å²) in [5.41, 5.74) is 8.39. The van der Waals surface area contributed by atoms with E-state index in [2.05, 4.69) is 15.5 Å². The highest BCUT2D eigenvalue weighted by molar-refractivity contribution is 6.31. The number of rotatable bonds is 3. The Labute approximate surface area is 109 Å². The third kappa shape index (κ3) is 2.62. The largest absolute Gasteiger partial charge is 0.398 e. The van der Waals surface area contributed by atoms with Gasteiger partial charge >= 0.3 is 0 Å². The van der Waals surface area contributed by atoms with Crippen LogP contribution in [0.1, 0.15) is 21.6 Å². The molecular formula is C12H13ClN4O. The molecule has 6 heteroatoms. The van der Waals surface area contributed by atoms with E-state index in [1.54, 1.807) is 24.4 Å². The van der Waals surface area contributed by atoms with Crippen LogP contribution in [-0.4, -0.2) is 16.1 Å². The van der Waals surface area contributed by atoms with Crippen LogP contribution in [0.2, 0.25) is 5.02 Å². The SMILES string of the molecule is Cc1[nH]ncc1CNC(=O)c1ccc(Cl)cc1N. The number of aryl methyl sites for hydroxylation is 1. The van der Waals surface area contributed by atoms with E-state index in [-0.39, 0.29) is 5.91 Å². The first-order valence-corrected chi connectivity index (χ1v) is 5.78. The van der Waals surface area contributed by atoms with E-state index < -0.39 is 0 Å². The molecule has 0 atom stereocenters. The van der Waals surface area contributed by atoms with Crippen LogP contribution in [0.25, 0.3) is 0 Å². The average Bonchev–Trinajstić information content (AvgIpc) is 2.72. The molecule has 18 heavy (non-hydrogen) atoms. The van der Waals surface area contributed by atoms with Gasteiger partial charge in [0.25, 0.3) is 5.91 Å². The van der Waals surface area contributed by atoms with Crippen LogP contribution in [-0.2, 0) is 6.54 Å². The molecule has 0 aliphatic heterocycles. The minimum absolute atomic E-state index is 0.232.